The average Bonchev–Trinajstić information content (AvgIpc) is 2.91. The van der Waals surface area contributed by atoms with E-state index in [1.165, 1.54) is 12.1 Å². The maximum Gasteiger partial charge on any atom is 0.317 e. The average molecular weight is 488 g/mol. The van der Waals surface area contributed by atoms with E-state index in [1.54, 1.807) is 24.1 Å². The predicted molar refractivity (Wildman–Crippen MR) is 136 cm³/mol. The molecule has 36 heavy (non-hydrogen) atoms. The van der Waals surface area contributed by atoms with Crippen LogP contribution in [-0.2, 0) is 6.54 Å². The number of nitrogen functional groups attached to an aromatic ring is 1. The smallest absolute Gasteiger partial charge is 0.317 e. The topological polar surface area (TPSA) is 110 Å². The van der Waals surface area contributed by atoms with Gasteiger partial charge in [-0.1, -0.05) is 18.2 Å². The zero-order valence-electron chi connectivity index (χ0n) is 19.8. The Morgan fingerprint density at radius 3 is 2.50 bits per heavy atom. The third-order valence-corrected chi connectivity index (χ3v) is 6.17. The number of nitrogens with zero attached hydrogens (tertiary/aromatic N) is 5. The van der Waals surface area contributed by atoms with Crippen LogP contribution in [0.25, 0.3) is 22.3 Å². The van der Waals surface area contributed by atoms with Crippen molar-refractivity contribution in [2.24, 2.45) is 0 Å². The molecule has 184 valence electrons. The lowest BCUT2D eigenvalue weighted by atomic mass is 10.1. The van der Waals surface area contributed by atoms with Crippen LogP contribution in [0.5, 0.6) is 5.75 Å². The van der Waals surface area contributed by atoms with Gasteiger partial charge in [-0.05, 0) is 42.5 Å². The highest BCUT2D eigenvalue weighted by Gasteiger charge is 2.24. The number of rotatable bonds is 5. The normalized spacial score (nSPS) is 13.6. The SMILES string of the molecule is COc1ccccc1CNC(=O)N1CCN(c2nc(N)nc3ccc(-c4ccc(F)cc4)nc23)CC1. The molecule has 9 nitrogen and oxygen atoms in total. The van der Waals surface area contributed by atoms with Crippen LogP contribution < -0.4 is 20.7 Å². The fourth-order valence-corrected chi connectivity index (χ4v) is 4.27. The van der Waals surface area contributed by atoms with E-state index in [2.05, 4.69) is 20.2 Å². The lowest BCUT2D eigenvalue weighted by Gasteiger charge is -2.35. The molecule has 3 N–H and O–H groups in total. The molecule has 1 saturated heterocycles. The van der Waals surface area contributed by atoms with E-state index >= 15 is 0 Å². The molecule has 0 radical (unpaired) electrons. The van der Waals surface area contributed by atoms with Crippen molar-refractivity contribution >= 4 is 28.8 Å². The molecular formula is C26H26FN7O2. The molecule has 2 aromatic carbocycles. The molecule has 2 aromatic heterocycles. The predicted octanol–water partition coefficient (Wildman–Crippen LogP) is 3.45. The molecule has 0 unspecified atom stereocenters. The van der Waals surface area contributed by atoms with E-state index in [0.717, 1.165) is 16.9 Å². The molecule has 2 amide bonds. The summed E-state index contributed by atoms with van der Waals surface area (Å²) in [7, 11) is 1.61. The highest BCUT2D eigenvalue weighted by molar-refractivity contribution is 5.88. The summed E-state index contributed by atoms with van der Waals surface area (Å²) in [4.78, 5) is 30.2. The molecule has 0 spiro atoms. The van der Waals surface area contributed by atoms with Gasteiger partial charge in [0.2, 0.25) is 5.95 Å². The Hall–Kier alpha value is -4.47. The zero-order valence-corrected chi connectivity index (χ0v) is 19.8. The third-order valence-electron chi connectivity index (χ3n) is 6.17. The number of methoxy groups -OCH3 is 1. The maximum absolute atomic E-state index is 13.4. The summed E-state index contributed by atoms with van der Waals surface area (Å²) >= 11 is 0. The van der Waals surface area contributed by atoms with E-state index in [-0.39, 0.29) is 17.8 Å². The maximum atomic E-state index is 13.4. The van der Waals surface area contributed by atoms with Gasteiger partial charge in [-0.25, -0.2) is 19.2 Å². The van der Waals surface area contributed by atoms with Crippen LogP contribution in [0.4, 0.5) is 21.0 Å². The summed E-state index contributed by atoms with van der Waals surface area (Å²) in [5, 5.41) is 2.97. The van der Waals surface area contributed by atoms with E-state index in [1.807, 2.05) is 36.4 Å². The number of aromatic nitrogens is 3. The Balaban J connectivity index is 1.30. The van der Waals surface area contributed by atoms with Crippen molar-refractivity contribution < 1.29 is 13.9 Å². The number of halogens is 1. The number of anilines is 2. The Labute approximate surface area is 207 Å². The lowest BCUT2D eigenvalue weighted by Crippen LogP contribution is -2.52. The number of pyridine rings is 1. The fourth-order valence-electron chi connectivity index (χ4n) is 4.27. The largest absolute Gasteiger partial charge is 0.496 e. The minimum Gasteiger partial charge on any atom is -0.496 e. The highest BCUT2D eigenvalue weighted by atomic mass is 19.1. The molecule has 1 fully saturated rings. The fraction of sp³-hybridized carbons (Fsp3) is 0.231. The Kier molecular flexibility index (Phi) is 6.48. The Bertz CT molecular complexity index is 1390. The number of nitrogens with one attached hydrogen (secondary N) is 1. The Morgan fingerprint density at radius 1 is 1.00 bits per heavy atom. The van der Waals surface area contributed by atoms with Crippen LogP contribution in [-0.4, -0.2) is 59.2 Å². The number of benzene rings is 2. The number of fused-ring (bicyclic) bond motifs is 1. The molecule has 0 aliphatic carbocycles. The number of piperazine rings is 1. The van der Waals surface area contributed by atoms with Crippen LogP contribution in [0.1, 0.15) is 5.56 Å². The number of nitrogens with two attached hydrogens (primary N) is 1. The van der Waals surface area contributed by atoms with E-state index in [0.29, 0.717) is 55.3 Å². The van der Waals surface area contributed by atoms with Crippen LogP contribution in [0.3, 0.4) is 0 Å². The molecule has 1 aliphatic heterocycles. The summed E-state index contributed by atoms with van der Waals surface area (Å²) in [6.45, 7) is 2.54. The van der Waals surface area contributed by atoms with Crippen LogP contribution in [0.15, 0.2) is 60.7 Å². The van der Waals surface area contributed by atoms with Gasteiger partial charge < -0.3 is 25.6 Å². The van der Waals surface area contributed by atoms with Gasteiger partial charge in [0.05, 0.1) is 18.3 Å². The number of amides is 2. The van der Waals surface area contributed by atoms with Gasteiger partial charge in [0.15, 0.2) is 5.82 Å². The van der Waals surface area contributed by atoms with Crippen molar-refractivity contribution in [1.82, 2.24) is 25.2 Å². The minimum atomic E-state index is -0.304. The number of carbonyl (C=O) groups excluding carboxylic acids is 1. The summed E-state index contributed by atoms with van der Waals surface area (Å²) < 4.78 is 18.7. The Morgan fingerprint density at radius 2 is 1.75 bits per heavy atom. The van der Waals surface area contributed by atoms with Gasteiger partial charge in [0.25, 0.3) is 0 Å². The molecule has 0 atom stereocenters. The van der Waals surface area contributed by atoms with Gasteiger partial charge in [0.1, 0.15) is 17.1 Å². The number of para-hydroxylation sites is 1. The second kappa shape index (κ2) is 10.0. The first-order chi connectivity index (χ1) is 17.5. The van der Waals surface area contributed by atoms with Crippen molar-refractivity contribution in [2.75, 3.05) is 43.9 Å². The van der Waals surface area contributed by atoms with E-state index in [4.69, 9.17) is 15.5 Å². The molecular weight excluding hydrogens is 461 g/mol. The summed E-state index contributed by atoms with van der Waals surface area (Å²) in [6.07, 6.45) is 0. The van der Waals surface area contributed by atoms with Crippen LogP contribution in [0, 0.1) is 5.82 Å². The summed E-state index contributed by atoms with van der Waals surface area (Å²) in [6, 6.07) is 17.3. The zero-order chi connectivity index (χ0) is 25.1. The third kappa shape index (κ3) is 4.83. The number of ether oxygens (including phenoxy) is 1. The first-order valence-electron chi connectivity index (χ1n) is 11.6. The summed E-state index contributed by atoms with van der Waals surface area (Å²) in [5.41, 5.74) is 9.62. The van der Waals surface area contributed by atoms with Gasteiger partial charge in [-0.15, -0.1) is 0 Å². The van der Waals surface area contributed by atoms with Crippen molar-refractivity contribution in [3.63, 3.8) is 0 Å². The number of urea groups is 1. The van der Waals surface area contributed by atoms with Gasteiger partial charge in [0, 0.05) is 43.9 Å². The highest BCUT2D eigenvalue weighted by Crippen LogP contribution is 2.27. The molecule has 3 heterocycles. The first-order valence-corrected chi connectivity index (χ1v) is 11.6. The van der Waals surface area contributed by atoms with Gasteiger partial charge in [-0.3, -0.25) is 0 Å². The minimum absolute atomic E-state index is 0.135. The van der Waals surface area contributed by atoms with Crippen molar-refractivity contribution in [2.45, 2.75) is 6.54 Å². The molecule has 4 aromatic rings. The van der Waals surface area contributed by atoms with Gasteiger partial charge in [-0.2, -0.15) is 4.98 Å². The number of hydrogen-bond acceptors (Lipinski definition) is 7. The molecule has 0 saturated carbocycles. The second-order valence-electron chi connectivity index (χ2n) is 8.42. The molecule has 10 heteroatoms. The lowest BCUT2D eigenvalue weighted by molar-refractivity contribution is 0.193. The van der Waals surface area contributed by atoms with Crippen molar-refractivity contribution in [3.05, 3.63) is 72.0 Å². The van der Waals surface area contributed by atoms with Crippen molar-refractivity contribution in [1.29, 1.82) is 0 Å². The van der Waals surface area contributed by atoms with E-state index < -0.39 is 0 Å². The number of carbonyl (C=O) groups is 1. The second-order valence-corrected chi connectivity index (χ2v) is 8.42. The first kappa shape index (κ1) is 23.3. The summed E-state index contributed by atoms with van der Waals surface area (Å²) in [5.74, 6) is 1.21. The van der Waals surface area contributed by atoms with E-state index in [9.17, 15) is 9.18 Å². The molecule has 5 rings (SSSR count). The quantitative estimate of drug-likeness (QED) is 0.444. The van der Waals surface area contributed by atoms with Crippen LogP contribution in [0.2, 0.25) is 0 Å². The molecule has 1 aliphatic rings. The molecule has 0 bridgehead atoms. The van der Waals surface area contributed by atoms with Crippen molar-refractivity contribution in [3.8, 4) is 17.0 Å². The van der Waals surface area contributed by atoms with Crippen LogP contribution >= 0.6 is 0 Å². The van der Waals surface area contributed by atoms with Gasteiger partial charge >= 0.3 is 6.03 Å². The monoisotopic (exact) mass is 487 g/mol. The number of hydrogen-bond donors (Lipinski definition) is 2. The standard InChI is InChI=1S/C26H26FN7O2/c1-36-22-5-3-2-4-18(22)16-29-26(35)34-14-12-33(13-15-34)24-23-21(31-25(28)32-24)11-10-20(30-23)17-6-8-19(27)9-7-17/h2-11H,12-16H2,1H3,(H,29,35)(H2,28,31,32).